The van der Waals surface area contributed by atoms with Crippen LogP contribution in [0.1, 0.15) is 25.8 Å². The Balaban J connectivity index is 2.91. The lowest BCUT2D eigenvalue weighted by molar-refractivity contribution is -0.139. The molecule has 0 bridgehead atoms. The maximum absolute atomic E-state index is 12.8. The Morgan fingerprint density at radius 1 is 1.28 bits per heavy atom. The van der Waals surface area contributed by atoms with Crippen LogP contribution in [-0.4, -0.2) is 19.2 Å². The lowest BCUT2D eigenvalue weighted by Gasteiger charge is -2.25. The summed E-state index contributed by atoms with van der Waals surface area (Å²) in [4.78, 5) is 0. The zero-order valence-corrected chi connectivity index (χ0v) is 10.7. The fourth-order valence-corrected chi connectivity index (χ4v) is 1.86. The van der Waals surface area contributed by atoms with Gasteiger partial charge in [-0.1, -0.05) is 19.1 Å². The summed E-state index contributed by atoms with van der Waals surface area (Å²) in [5, 5.41) is 3.02. The molecule has 0 radical (unpaired) electrons. The van der Waals surface area contributed by atoms with Crippen LogP contribution in [0.15, 0.2) is 24.3 Å². The Labute approximate surface area is 105 Å². The largest absolute Gasteiger partial charge is 0.488 e. The molecule has 2 unspecified atom stereocenters. The predicted molar refractivity (Wildman–Crippen MR) is 64.7 cm³/mol. The fraction of sp³-hybridized carbons (Fsp3) is 0.538. The number of hydrogen-bond donors (Lipinski definition) is 1. The molecule has 0 aromatic heterocycles. The van der Waals surface area contributed by atoms with Gasteiger partial charge in [0.05, 0.1) is 5.56 Å². The molecule has 1 rings (SSSR count). The van der Waals surface area contributed by atoms with Gasteiger partial charge in [0.15, 0.2) is 0 Å². The molecule has 0 saturated carbocycles. The molecular formula is C13H18F3NO. The summed E-state index contributed by atoms with van der Waals surface area (Å²) in [6.07, 6.45) is -3.94. The number of hydrogen-bond acceptors (Lipinski definition) is 2. The lowest BCUT2D eigenvalue weighted by Crippen LogP contribution is -2.39. The Kier molecular flexibility index (Phi) is 5.02. The van der Waals surface area contributed by atoms with Gasteiger partial charge in [0, 0.05) is 6.04 Å². The summed E-state index contributed by atoms with van der Waals surface area (Å²) in [6, 6.07) is 5.29. The third-order valence-electron chi connectivity index (χ3n) is 2.88. The Hall–Kier alpha value is -1.23. The van der Waals surface area contributed by atoms with Crippen LogP contribution in [0.25, 0.3) is 0 Å². The minimum Gasteiger partial charge on any atom is -0.488 e. The van der Waals surface area contributed by atoms with E-state index < -0.39 is 11.7 Å². The third kappa shape index (κ3) is 3.63. The van der Waals surface area contributed by atoms with Crippen LogP contribution in [0.3, 0.4) is 0 Å². The monoisotopic (exact) mass is 261 g/mol. The van der Waals surface area contributed by atoms with E-state index in [1.165, 1.54) is 18.2 Å². The van der Waals surface area contributed by atoms with E-state index in [1.807, 2.05) is 6.92 Å². The van der Waals surface area contributed by atoms with Gasteiger partial charge in [0.25, 0.3) is 0 Å². The van der Waals surface area contributed by atoms with Crippen molar-refractivity contribution < 1.29 is 17.9 Å². The summed E-state index contributed by atoms with van der Waals surface area (Å²) in [5.41, 5.74) is -0.734. The lowest BCUT2D eigenvalue weighted by atomic mass is 10.1. The van der Waals surface area contributed by atoms with Crippen molar-refractivity contribution in [3.8, 4) is 5.75 Å². The van der Waals surface area contributed by atoms with Gasteiger partial charge in [-0.05, 0) is 32.5 Å². The average molecular weight is 261 g/mol. The number of rotatable bonds is 5. The van der Waals surface area contributed by atoms with E-state index in [1.54, 1.807) is 14.0 Å². The molecule has 102 valence electrons. The molecule has 0 saturated heterocycles. The number of likely N-dealkylation sites (N-methyl/N-ethyl adjacent to an activating group) is 1. The molecule has 18 heavy (non-hydrogen) atoms. The SMILES string of the molecule is CCC(NC)C(C)Oc1ccccc1C(F)(F)F. The molecular weight excluding hydrogens is 243 g/mol. The highest BCUT2D eigenvalue weighted by atomic mass is 19.4. The van der Waals surface area contributed by atoms with Crippen LogP contribution in [0.5, 0.6) is 5.75 Å². The van der Waals surface area contributed by atoms with Crippen LogP contribution >= 0.6 is 0 Å². The van der Waals surface area contributed by atoms with Crippen LogP contribution < -0.4 is 10.1 Å². The van der Waals surface area contributed by atoms with Gasteiger partial charge >= 0.3 is 6.18 Å². The molecule has 0 heterocycles. The number of ether oxygens (including phenoxy) is 1. The maximum Gasteiger partial charge on any atom is 0.419 e. The first-order chi connectivity index (χ1) is 8.40. The topological polar surface area (TPSA) is 21.3 Å². The van der Waals surface area contributed by atoms with E-state index in [0.29, 0.717) is 0 Å². The Morgan fingerprint density at radius 2 is 1.89 bits per heavy atom. The van der Waals surface area contributed by atoms with Gasteiger partial charge in [-0.3, -0.25) is 0 Å². The molecule has 0 amide bonds. The standard InChI is InChI=1S/C13H18F3NO/c1-4-11(17-3)9(2)18-12-8-6-5-7-10(12)13(14,15)16/h5-9,11,17H,4H2,1-3H3. The normalized spacial score (nSPS) is 15.2. The quantitative estimate of drug-likeness (QED) is 0.876. The van der Waals surface area contributed by atoms with E-state index >= 15 is 0 Å². The summed E-state index contributed by atoms with van der Waals surface area (Å²) in [6.45, 7) is 3.72. The van der Waals surface area contributed by atoms with Crippen molar-refractivity contribution in [1.29, 1.82) is 0 Å². The number of para-hydroxylation sites is 1. The van der Waals surface area contributed by atoms with Crippen LogP contribution in [0, 0.1) is 0 Å². The van der Waals surface area contributed by atoms with Gasteiger partial charge in [-0.25, -0.2) is 0 Å². The molecule has 0 aliphatic rings. The first-order valence-corrected chi connectivity index (χ1v) is 5.90. The summed E-state index contributed by atoms with van der Waals surface area (Å²) in [7, 11) is 1.77. The third-order valence-corrected chi connectivity index (χ3v) is 2.88. The van der Waals surface area contributed by atoms with Gasteiger partial charge in [0.2, 0.25) is 0 Å². The van der Waals surface area contributed by atoms with Crippen molar-refractivity contribution in [2.75, 3.05) is 7.05 Å². The molecule has 0 spiro atoms. The van der Waals surface area contributed by atoms with Gasteiger partial charge in [-0.15, -0.1) is 0 Å². The van der Waals surface area contributed by atoms with Gasteiger partial charge in [-0.2, -0.15) is 13.2 Å². The molecule has 1 N–H and O–H groups in total. The maximum atomic E-state index is 12.8. The smallest absolute Gasteiger partial charge is 0.419 e. The fourth-order valence-electron chi connectivity index (χ4n) is 1.86. The number of nitrogens with one attached hydrogen (secondary N) is 1. The van der Waals surface area contributed by atoms with E-state index in [4.69, 9.17) is 4.74 Å². The highest BCUT2D eigenvalue weighted by molar-refractivity contribution is 5.35. The molecule has 1 aromatic rings. The van der Waals surface area contributed by atoms with Crippen LogP contribution in [-0.2, 0) is 6.18 Å². The summed E-state index contributed by atoms with van der Waals surface area (Å²) in [5.74, 6) is -0.119. The average Bonchev–Trinajstić information content (AvgIpc) is 2.30. The van der Waals surface area contributed by atoms with Crippen LogP contribution in [0.2, 0.25) is 0 Å². The summed E-state index contributed by atoms with van der Waals surface area (Å²) < 4.78 is 43.7. The summed E-state index contributed by atoms with van der Waals surface area (Å²) >= 11 is 0. The second kappa shape index (κ2) is 6.09. The first-order valence-electron chi connectivity index (χ1n) is 5.90. The molecule has 0 aliphatic carbocycles. The molecule has 2 atom stereocenters. The highest BCUT2D eigenvalue weighted by Crippen LogP contribution is 2.36. The van der Waals surface area contributed by atoms with Crippen molar-refractivity contribution in [1.82, 2.24) is 5.32 Å². The number of alkyl halides is 3. The zero-order valence-electron chi connectivity index (χ0n) is 10.7. The Morgan fingerprint density at radius 3 is 2.39 bits per heavy atom. The number of benzene rings is 1. The minimum atomic E-state index is -4.39. The molecule has 1 aromatic carbocycles. The molecule has 5 heteroatoms. The van der Waals surface area contributed by atoms with Crippen LogP contribution in [0.4, 0.5) is 13.2 Å². The first kappa shape index (κ1) is 14.8. The number of halogens is 3. The van der Waals surface area contributed by atoms with E-state index in [-0.39, 0.29) is 17.9 Å². The highest BCUT2D eigenvalue weighted by Gasteiger charge is 2.34. The van der Waals surface area contributed by atoms with E-state index in [0.717, 1.165) is 12.5 Å². The second-order valence-corrected chi connectivity index (χ2v) is 4.12. The predicted octanol–water partition coefficient (Wildman–Crippen LogP) is 3.47. The molecule has 0 aliphatic heterocycles. The minimum absolute atomic E-state index is 0.0197. The van der Waals surface area contributed by atoms with Crippen molar-refractivity contribution >= 4 is 0 Å². The molecule has 0 fully saturated rings. The van der Waals surface area contributed by atoms with Crippen molar-refractivity contribution in [3.05, 3.63) is 29.8 Å². The van der Waals surface area contributed by atoms with Gasteiger partial charge in [0.1, 0.15) is 11.9 Å². The van der Waals surface area contributed by atoms with Crippen molar-refractivity contribution in [2.45, 2.75) is 38.6 Å². The van der Waals surface area contributed by atoms with E-state index in [2.05, 4.69) is 5.32 Å². The van der Waals surface area contributed by atoms with Crippen molar-refractivity contribution in [3.63, 3.8) is 0 Å². The molecule has 2 nitrogen and oxygen atoms in total. The Bertz CT molecular complexity index is 375. The second-order valence-electron chi connectivity index (χ2n) is 4.12. The van der Waals surface area contributed by atoms with Gasteiger partial charge < -0.3 is 10.1 Å². The zero-order chi connectivity index (χ0) is 13.8. The van der Waals surface area contributed by atoms with Crippen molar-refractivity contribution in [2.24, 2.45) is 0 Å². The van der Waals surface area contributed by atoms with E-state index in [9.17, 15) is 13.2 Å².